The van der Waals surface area contributed by atoms with Gasteiger partial charge in [0.25, 0.3) is 0 Å². The standard InChI is InChI=1S/C20H22N2O7/c21-18(25)14-5-1-3-12(9-14)4-2-8-22-11-17(29-20(28)19(26)27)13-6-7-15(23)16(24)10-13/h1,3,5-7,9-10,17,22-24H,2,4,8,11H2,(H2,21,25)(H,26,27). The molecule has 2 aromatic carbocycles. The second-order valence-corrected chi connectivity index (χ2v) is 6.32. The summed E-state index contributed by atoms with van der Waals surface area (Å²) in [5.74, 6) is -4.40. The van der Waals surface area contributed by atoms with Gasteiger partial charge in [0.15, 0.2) is 11.5 Å². The molecular weight excluding hydrogens is 380 g/mol. The molecule has 29 heavy (non-hydrogen) atoms. The Morgan fingerprint density at radius 3 is 2.48 bits per heavy atom. The van der Waals surface area contributed by atoms with Crippen LogP contribution < -0.4 is 11.1 Å². The number of rotatable bonds is 9. The van der Waals surface area contributed by atoms with Gasteiger partial charge in [0.1, 0.15) is 6.10 Å². The first kappa shape index (κ1) is 21.7. The Morgan fingerprint density at radius 2 is 1.83 bits per heavy atom. The van der Waals surface area contributed by atoms with Gasteiger partial charge in [0.2, 0.25) is 5.91 Å². The number of benzene rings is 2. The highest BCUT2D eigenvalue weighted by atomic mass is 16.6. The number of carboxylic acid groups (broad SMARTS) is 1. The fourth-order valence-electron chi connectivity index (χ4n) is 2.68. The molecule has 0 saturated carbocycles. The van der Waals surface area contributed by atoms with Crippen molar-refractivity contribution >= 4 is 17.8 Å². The molecule has 0 heterocycles. The van der Waals surface area contributed by atoms with Gasteiger partial charge >= 0.3 is 11.9 Å². The highest BCUT2D eigenvalue weighted by molar-refractivity contribution is 6.28. The van der Waals surface area contributed by atoms with E-state index in [1.54, 1.807) is 18.2 Å². The number of phenolic OH excluding ortho intramolecular Hbond substituents is 2. The lowest BCUT2D eigenvalue weighted by Crippen LogP contribution is -2.28. The lowest BCUT2D eigenvalue weighted by atomic mass is 10.1. The predicted molar refractivity (Wildman–Crippen MR) is 102 cm³/mol. The third-order valence-electron chi connectivity index (χ3n) is 4.16. The van der Waals surface area contributed by atoms with E-state index in [-0.39, 0.29) is 12.3 Å². The summed E-state index contributed by atoms with van der Waals surface area (Å²) in [4.78, 5) is 33.4. The quantitative estimate of drug-likeness (QED) is 0.180. The third kappa shape index (κ3) is 6.51. The Bertz CT molecular complexity index is 898. The van der Waals surface area contributed by atoms with Crippen molar-refractivity contribution in [2.45, 2.75) is 18.9 Å². The van der Waals surface area contributed by atoms with E-state index < -0.39 is 29.7 Å². The second-order valence-electron chi connectivity index (χ2n) is 6.32. The Labute approximate surface area is 166 Å². The molecule has 0 aliphatic heterocycles. The number of aromatic hydroxyl groups is 2. The van der Waals surface area contributed by atoms with E-state index in [1.165, 1.54) is 18.2 Å². The summed E-state index contributed by atoms with van der Waals surface area (Å²) in [5.41, 5.74) is 6.97. The molecule has 0 bridgehead atoms. The molecule has 1 unspecified atom stereocenters. The van der Waals surface area contributed by atoms with Crippen LogP contribution >= 0.6 is 0 Å². The van der Waals surface area contributed by atoms with Gasteiger partial charge in [0, 0.05) is 12.1 Å². The van der Waals surface area contributed by atoms with Crippen LogP contribution in [0.4, 0.5) is 0 Å². The number of hydrogen-bond donors (Lipinski definition) is 5. The molecule has 1 amide bonds. The number of carboxylic acids is 1. The zero-order valence-corrected chi connectivity index (χ0v) is 15.5. The van der Waals surface area contributed by atoms with Crippen molar-refractivity contribution < 1.29 is 34.4 Å². The van der Waals surface area contributed by atoms with Crippen LogP contribution in [0, 0.1) is 0 Å². The largest absolute Gasteiger partial charge is 0.504 e. The molecule has 1 atom stereocenters. The van der Waals surface area contributed by atoms with Crippen LogP contribution in [0.1, 0.15) is 34.0 Å². The van der Waals surface area contributed by atoms with Crippen molar-refractivity contribution in [1.82, 2.24) is 5.32 Å². The number of hydrogen-bond acceptors (Lipinski definition) is 7. The zero-order chi connectivity index (χ0) is 21.4. The number of primary amides is 1. The average Bonchev–Trinajstić information content (AvgIpc) is 2.69. The second kappa shape index (κ2) is 10.1. The van der Waals surface area contributed by atoms with E-state index in [4.69, 9.17) is 15.6 Å². The van der Waals surface area contributed by atoms with Gasteiger partial charge in [-0.05, 0) is 54.8 Å². The molecule has 0 aromatic heterocycles. The van der Waals surface area contributed by atoms with Gasteiger partial charge in [-0.15, -0.1) is 0 Å². The summed E-state index contributed by atoms with van der Waals surface area (Å²) in [6.07, 6.45) is 0.402. The molecular formula is C20H22N2O7. The van der Waals surface area contributed by atoms with Crippen LogP contribution in [0.5, 0.6) is 11.5 Å². The highest BCUT2D eigenvalue weighted by Crippen LogP contribution is 2.29. The number of esters is 1. The fraction of sp³-hybridized carbons (Fsp3) is 0.250. The monoisotopic (exact) mass is 402 g/mol. The molecule has 154 valence electrons. The molecule has 2 rings (SSSR count). The predicted octanol–water partition coefficient (Wildman–Crippen LogP) is 1.09. The average molecular weight is 402 g/mol. The number of ether oxygens (including phenoxy) is 1. The van der Waals surface area contributed by atoms with Gasteiger partial charge < -0.3 is 31.1 Å². The van der Waals surface area contributed by atoms with Gasteiger partial charge in [0.05, 0.1) is 0 Å². The number of aryl methyl sites for hydroxylation is 1. The summed E-state index contributed by atoms with van der Waals surface area (Å²) >= 11 is 0. The summed E-state index contributed by atoms with van der Waals surface area (Å²) in [5, 5.41) is 30.9. The minimum atomic E-state index is -1.73. The lowest BCUT2D eigenvalue weighted by molar-refractivity contribution is -0.167. The van der Waals surface area contributed by atoms with Crippen molar-refractivity contribution in [3.05, 3.63) is 59.2 Å². The first-order valence-corrected chi connectivity index (χ1v) is 8.83. The topological polar surface area (TPSA) is 159 Å². The van der Waals surface area contributed by atoms with Crippen molar-refractivity contribution in [3.8, 4) is 11.5 Å². The van der Waals surface area contributed by atoms with Crippen LogP contribution in [-0.4, -0.2) is 46.3 Å². The van der Waals surface area contributed by atoms with Gasteiger partial charge in [-0.1, -0.05) is 18.2 Å². The smallest absolute Gasteiger partial charge is 0.417 e. The van der Waals surface area contributed by atoms with Gasteiger partial charge in [-0.2, -0.15) is 0 Å². The van der Waals surface area contributed by atoms with Crippen LogP contribution in [0.2, 0.25) is 0 Å². The Hall–Kier alpha value is -3.59. The van der Waals surface area contributed by atoms with Gasteiger partial charge in [-0.3, -0.25) is 4.79 Å². The summed E-state index contributed by atoms with van der Waals surface area (Å²) in [7, 11) is 0. The fourth-order valence-corrected chi connectivity index (χ4v) is 2.68. The van der Waals surface area contributed by atoms with Crippen molar-refractivity contribution in [3.63, 3.8) is 0 Å². The third-order valence-corrected chi connectivity index (χ3v) is 4.16. The number of carbonyl (C=O) groups excluding carboxylic acids is 2. The zero-order valence-electron chi connectivity index (χ0n) is 15.5. The Morgan fingerprint density at radius 1 is 1.07 bits per heavy atom. The molecule has 0 saturated heterocycles. The maximum atomic E-state index is 11.4. The number of phenols is 2. The van der Waals surface area contributed by atoms with Crippen molar-refractivity contribution in [2.75, 3.05) is 13.1 Å². The molecule has 2 aromatic rings. The number of nitrogens with one attached hydrogen (secondary N) is 1. The molecule has 0 aliphatic carbocycles. The SMILES string of the molecule is NC(=O)c1cccc(CCCNCC(OC(=O)C(=O)O)c2ccc(O)c(O)c2)c1. The number of amides is 1. The van der Waals surface area contributed by atoms with E-state index in [0.717, 1.165) is 5.56 Å². The first-order chi connectivity index (χ1) is 13.8. The minimum Gasteiger partial charge on any atom is -0.504 e. The number of nitrogens with two attached hydrogens (primary N) is 1. The Balaban J connectivity index is 1.92. The summed E-state index contributed by atoms with van der Waals surface area (Å²) in [6, 6.07) is 10.8. The Kier molecular flexibility index (Phi) is 7.55. The van der Waals surface area contributed by atoms with E-state index in [0.29, 0.717) is 30.5 Å². The van der Waals surface area contributed by atoms with Crippen LogP contribution in [-0.2, 0) is 20.7 Å². The highest BCUT2D eigenvalue weighted by Gasteiger charge is 2.22. The maximum Gasteiger partial charge on any atom is 0.417 e. The van der Waals surface area contributed by atoms with E-state index in [9.17, 15) is 24.6 Å². The van der Waals surface area contributed by atoms with Crippen molar-refractivity contribution in [1.29, 1.82) is 0 Å². The molecule has 0 radical (unpaired) electrons. The number of carbonyl (C=O) groups is 3. The summed E-state index contributed by atoms with van der Waals surface area (Å²) < 4.78 is 4.95. The molecule has 9 heteroatoms. The van der Waals surface area contributed by atoms with E-state index >= 15 is 0 Å². The van der Waals surface area contributed by atoms with E-state index in [2.05, 4.69) is 5.32 Å². The maximum absolute atomic E-state index is 11.4. The lowest BCUT2D eigenvalue weighted by Gasteiger charge is -2.18. The molecule has 9 nitrogen and oxygen atoms in total. The van der Waals surface area contributed by atoms with Crippen LogP contribution in [0.25, 0.3) is 0 Å². The molecule has 0 fully saturated rings. The van der Waals surface area contributed by atoms with Crippen LogP contribution in [0.15, 0.2) is 42.5 Å². The molecule has 0 aliphatic rings. The van der Waals surface area contributed by atoms with Gasteiger partial charge in [-0.25, -0.2) is 9.59 Å². The van der Waals surface area contributed by atoms with Crippen molar-refractivity contribution in [2.24, 2.45) is 5.73 Å². The van der Waals surface area contributed by atoms with E-state index in [1.807, 2.05) is 6.07 Å². The first-order valence-electron chi connectivity index (χ1n) is 8.83. The minimum absolute atomic E-state index is 0.102. The number of aliphatic carboxylic acids is 1. The van der Waals surface area contributed by atoms with Crippen LogP contribution in [0.3, 0.4) is 0 Å². The normalized spacial score (nSPS) is 11.6. The molecule has 6 N–H and O–H groups in total. The molecule has 0 spiro atoms. The summed E-state index contributed by atoms with van der Waals surface area (Å²) in [6.45, 7) is 0.622.